The minimum absolute atomic E-state index is 0.0596. The van der Waals surface area contributed by atoms with Crippen molar-refractivity contribution in [1.82, 2.24) is 9.97 Å². The van der Waals surface area contributed by atoms with Gasteiger partial charge in [-0.2, -0.15) is 0 Å². The van der Waals surface area contributed by atoms with Crippen LogP contribution >= 0.6 is 12.2 Å². The summed E-state index contributed by atoms with van der Waals surface area (Å²) in [5.74, 6) is 2.61. The minimum Gasteiger partial charge on any atom is -0.467 e. The predicted molar refractivity (Wildman–Crippen MR) is 74.2 cm³/mol. The molecule has 2 N–H and O–H groups in total. The fraction of sp³-hybridized carbons (Fsp3) is 0.385. The Morgan fingerprint density at radius 2 is 2.22 bits per heavy atom. The highest BCUT2D eigenvalue weighted by molar-refractivity contribution is 7.71. The van der Waals surface area contributed by atoms with Gasteiger partial charge in [0.05, 0.1) is 12.8 Å². The van der Waals surface area contributed by atoms with E-state index in [1.54, 1.807) is 6.26 Å². The van der Waals surface area contributed by atoms with Gasteiger partial charge in [0.2, 0.25) is 0 Å². The lowest BCUT2D eigenvalue weighted by Crippen LogP contribution is -2.17. The molecule has 0 saturated carbocycles. The molecule has 2 aromatic rings. The second-order valence-electron chi connectivity index (χ2n) is 5.16. The normalized spacial score (nSPS) is 11.5. The van der Waals surface area contributed by atoms with Crippen molar-refractivity contribution in [2.24, 2.45) is 0 Å². The van der Waals surface area contributed by atoms with Gasteiger partial charge in [-0.05, 0) is 12.1 Å². The molecule has 0 spiro atoms. The topological polar surface area (TPSA) is 53.9 Å². The highest BCUT2D eigenvalue weighted by Crippen LogP contribution is 2.19. The summed E-state index contributed by atoms with van der Waals surface area (Å²) in [4.78, 5) is 7.60. The van der Waals surface area contributed by atoms with Gasteiger partial charge >= 0.3 is 0 Å². The van der Waals surface area contributed by atoms with Crippen LogP contribution in [0.1, 0.15) is 32.4 Å². The summed E-state index contributed by atoms with van der Waals surface area (Å²) < 4.78 is 5.85. The molecule has 96 valence electrons. The molecule has 5 heteroatoms. The van der Waals surface area contributed by atoms with Crippen LogP contribution in [0.5, 0.6) is 0 Å². The molecule has 0 radical (unpaired) electrons. The van der Waals surface area contributed by atoms with Gasteiger partial charge < -0.3 is 14.7 Å². The van der Waals surface area contributed by atoms with Crippen LogP contribution in [-0.4, -0.2) is 9.97 Å². The lowest BCUT2D eigenvalue weighted by molar-refractivity contribution is 0.517. The van der Waals surface area contributed by atoms with Crippen molar-refractivity contribution in [2.75, 3.05) is 5.32 Å². The zero-order valence-electron chi connectivity index (χ0n) is 10.8. The molecule has 18 heavy (non-hydrogen) atoms. The summed E-state index contributed by atoms with van der Waals surface area (Å²) in [7, 11) is 0. The number of rotatable bonds is 3. The smallest absolute Gasteiger partial charge is 0.131 e. The molecule has 0 aromatic carbocycles. The predicted octanol–water partition coefficient (Wildman–Crippen LogP) is 3.64. The lowest BCUT2D eigenvalue weighted by atomic mass is 9.96. The molecule has 0 fully saturated rings. The van der Waals surface area contributed by atoms with Gasteiger partial charge in [-0.15, -0.1) is 0 Å². The average Bonchev–Trinajstić information content (AvgIpc) is 2.77. The molecule has 2 rings (SSSR count). The Morgan fingerprint density at radius 1 is 1.44 bits per heavy atom. The van der Waals surface area contributed by atoms with Crippen molar-refractivity contribution in [3.05, 3.63) is 40.7 Å². The summed E-state index contributed by atoms with van der Waals surface area (Å²) in [6.07, 6.45) is 1.66. The third-order valence-electron chi connectivity index (χ3n) is 2.49. The molecular weight excluding hydrogens is 246 g/mol. The summed E-state index contributed by atoms with van der Waals surface area (Å²) in [5.41, 5.74) is -0.0596. The van der Waals surface area contributed by atoms with Crippen LogP contribution in [0.2, 0.25) is 0 Å². The van der Waals surface area contributed by atoms with E-state index in [-0.39, 0.29) is 5.41 Å². The maximum Gasteiger partial charge on any atom is 0.131 e. The van der Waals surface area contributed by atoms with Crippen LogP contribution in [0, 0.1) is 4.64 Å². The SMILES string of the molecule is CC(C)(C)c1nc(=S)cc(NCc2ccco2)[nH]1. The van der Waals surface area contributed by atoms with Crippen molar-refractivity contribution in [1.29, 1.82) is 0 Å². The zero-order chi connectivity index (χ0) is 13.2. The van der Waals surface area contributed by atoms with Gasteiger partial charge in [0.1, 0.15) is 22.0 Å². The van der Waals surface area contributed by atoms with E-state index in [1.807, 2.05) is 18.2 Å². The van der Waals surface area contributed by atoms with Crippen LogP contribution in [0.25, 0.3) is 0 Å². The van der Waals surface area contributed by atoms with Gasteiger partial charge in [-0.1, -0.05) is 33.0 Å². The van der Waals surface area contributed by atoms with Crippen LogP contribution < -0.4 is 5.32 Å². The molecule has 0 amide bonds. The van der Waals surface area contributed by atoms with Crippen LogP contribution in [0.15, 0.2) is 28.9 Å². The van der Waals surface area contributed by atoms with Crippen molar-refractivity contribution in [3.8, 4) is 0 Å². The molecule has 0 aliphatic carbocycles. The highest BCUT2D eigenvalue weighted by Gasteiger charge is 2.16. The highest BCUT2D eigenvalue weighted by atomic mass is 32.1. The molecule has 0 unspecified atom stereocenters. The lowest BCUT2D eigenvalue weighted by Gasteiger charge is -2.18. The molecule has 0 bridgehead atoms. The summed E-state index contributed by atoms with van der Waals surface area (Å²) >= 11 is 5.18. The Balaban J connectivity index is 2.18. The van der Waals surface area contributed by atoms with E-state index >= 15 is 0 Å². The number of hydrogen-bond acceptors (Lipinski definition) is 4. The first-order valence-electron chi connectivity index (χ1n) is 5.83. The second kappa shape index (κ2) is 4.94. The van der Waals surface area contributed by atoms with E-state index in [4.69, 9.17) is 16.6 Å². The van der Waals surface area contributed by atoms with E-state index in [0.29, 0.717) is 11.2 Å². The largest absolute Gasteiger partial charge is 0.467 e. The monoisotopic (exact) mass is 263 g/mol. The number of furan rings is 1. The van der Waals surface area contributed by atoms with Gasteiger partial charge in [-0.25, -0.2) is 4.98 Å². The summed E-state index contributed by atoms with van der Waals surface area (Å²) in [6.45, 7) is 6.90. The van der Waals surface area contributed by atoms with E-state index in [0.717, 1.165) is 17.4 Å². The molecule has 0 aliphatic rings. The molecule has 0 atom stereocenters. The van der Waals surface area contributed by atoms with E-state index in [9.17, 15) is 0 Å². The Kier molecular flexibility index (Phi) is 3.52. The first-order chi connectivity index (χ1) is 8.45. The Labute approximate surface area is 111 Å². The zero-order valence-corrected chi connectivity index (χ0v) is 11.6. The number of nitrogens with one attached hydrogen (secondary N) is 2. The van der Waals surface area contributed by atoms with Gasteiger partial charge in [0.25, 0.3) is 0 Å². The fourth-order valence-corrected chi connectivity index (χ4v) is 1.71. The van der Waals surface area contributed by atoms with Gasteiger partial charge in [0, 0.05) is 11.5 Å². The number of H-pyrrole nitrogens is 1. The third kappa shape index (κ3) is 3.20. The van der Waals surface area contributed by atoms with Crippen molar-refractivity contribution in [3.63, 3.8) is 0 Å². The number of aromatic amines is 1. The molecule has 2 aromatic heterocycles. The number of nitrogens with zero attached hydrogens (tertiary/aromatic N) is 1. The Morgan fingerprint density at radius 3 is 2.83 bits per heavy atom. The summed E-state index contributed by atoms with van der Waals surface area (Å²) in [6, 6.07) is 5.60. The van der Waals surface area contributed by atoms with Crippen LogP contribution in [0.3, 0.4) is 0 Å². The average molecular weight is 263 g/mol. The number of hydrogen-bond donors (Lipinski definition) is 2. The van der Waals surface area contributed by atoms with Crippen LogP contribution in [-0.2, 0) is 12.0 Å². The van der Waals surface area contributed by atoms with Crippen LogP contribution in [0.4, 0.5) is 5.82 Å². The molecule has 0 aliphatic heterocycles. The van der Waals surface area contributed by atoms with Gasteiger partial charge in [-0.3, -0.25) is 0 Å². The maximum atomic E-state index is 5.26. The third-order valence-corrected chi connectivity index (χ3v) is 2.70. The first kappa shape index (κ1) is 12.8. The van der Waals surface area contributed by atoms with E-state index in [2.05, 4.69) is 36.1 Å². The number of anilines is 1. The first-order valence-corrected chi connectivity index (χ1v) is 6.24. The van der Waals surface area contributed by atoms with Crippen molar-refractivity contribution in [2.45, 2.75) is 32.7 Å². The van der Waals surface area contributed by atoms with E-state index in [1.165, 1.54) is 0 Å². The quantitative estimate of drug-likeness (QED) is 0.830. The molecule has 0 saturated heterocycles. The minimum atomic E-state index is -0.0596. The Hall–Kier alpha value is -1.62. The molecule has 2 heterocycles. The van der Waals surface area contributed by atoms with E-state index < -0.39 is 0 Å². The maximum absolute atomic E-state index is 5.26. The Bertz CT molecular complexity index is 567. The molecule has 4 nitrogen and oxygen atoms in total. The summed E-state index contributed by atoms with van der Waals surface area (Å²) in [5, 5.41) is 3.24. The molecular formula is C13H17N3OS. The second-order valence-corrected chi connectivity index (χ2v) is 5.58. The van der Waals surface area contributed by atoms with Gasteiger partial charge in [0.15, 0.2) is 0 Å². The van der Waals surface area contributed by atoms with Crippen molar-refractivity contribution < 1.29 is 4.42 Å². The standard InChI is InChI=1S/C13H17N3OS/c1-13(2,3)12-15-10(7-11(18)16-12)14-8-9-5-4-6-17-9/h4-7H,8H2,1-3H3,(H2,14,15,16,18). The van der Waals surface area contributed by atoms with Crippen molar-refractivity contribution >= 4 is 18.0 Å². The number of aromatic nitrogens is 2. The fourth-order valence-electron chi connectivity index (χ4n) is 1.50.